The van der Waals surface area contributed by atoms with E-state index in [0.29, 0.717) is 17.3 Å². The van der Waals surface area contributed by atoms with Gasteiger partial charge in [0.05, 0.1) is 5.02 Å². The highest BCUT2D eigenvalue weighted by molar-refractivity contribution is 6.32. The summed E-state index contributed by atoms with van der Waals surface area (Å²) in [5.41, 5.74) is 9.18. The summed E-state index contributed by atoms with van der Waals surface area (Å²) >= 11 is 6.18. The number of aryl methyl sites for hydroxylation is 2. The van der Waals surface area contributed by atoms with Gasteiger partial charge < -0.3 is 10.5 Å². The predicted octanol–water partition coefficient (Wildman–Crippen LogP) is 4.04. The number of halogens is 1. The molecule has 0 aromatic heterocycles. The molecule has 0 aliphatic rings. The minimum atomic E-state index is -0.180. The van der Waals surface area contributed by atoms with Crippen LogP contribution >= 0.6 is 11.6 Å². The molecule has 0 aliphatic carbocycles. The summed E-state index contributed by atoms with van der Waals surface area (Å²) < 4.78 is 5.93. The first-order valence-corrected chi connectivity index (χ1v) is 6.67. The molecule has 0 amide bonds. The third-order valence-corrected chi connectivity index (χ3v) is 3.28. The van der Waals surface area contributed by atoms with Crippen LogP contribution in [0.1, 0.15) is 22.8 Å². The first-order chi connectivity index (χ1) is 9.10. The first kappa shape index (κ1) is 13.9. The lowest BCUT2D eigenvalue weighted by Crippen LogP contribution is -2.18. The lowest BCUT2D eigenvalue weighted by molar-refractivity contribution is 0.214. The van der Waals surface area contributed by atoms with Crippen LogP contribution in [0.15, 0.2) is 42.5 Å². The summed E-state index contributed by atoms with van der Waals surface area (Å²) in [6.07, 6.45) is -0.180. The van der Waals surface area contributed by atoms with Crippen LogP contribution in [-0.4, -0.2) is 6.54 Å². The zero-order valence-corrected chi connectivity index (χ0v) is 11.9. The van der Waals surface area contributed by atoms with Crippen molar-refractivity contribution in [3.05, 3.63) is 64.2 Å². The van der Waals surface area contributed by atoms with Crippen molar-refractivity contribution in [1.82, 2.24) is 0 Å². The van der Waals surface area contributed by atoms with Gasteiger partial charge in [0.1, 0.15) is 11.9 Å². The van der Waals surface area contributed by atoms with Crippen molar-refractivity contribution in [3.63, 3.8) is 0 Å². The van der Waals surface area contributed by atoms with Gasteiger partial charge in [-0.05, 0) is 37.1 Å². The quantitative estimate of drug-likeness (QED) is 0.914. The molecular formula is C16H18ClNO. The van der Waals surface area contributed by atoms with E-state index in [-0.39, 0.29) is 6.10 Å². The van der Waals surface area contributed by atoms with Crippen LogP contribution in [0.4, 0.5) is 0 Å². The lowest BCUT2D eigenvalue weighted by Gasteiger charge is -2.19. The maximum absolute atomic E-state index is 6.18. The molecule has 0 radical (unpaired) electrons. The molecule has 100 valence electrons. The maximum atomic E-state index is 6.18. The number of benzene rings is 2. The monoisotopic (exact) mass is 275 g/mol. The summed E-state index contributed by atoms with van der Waals surface area (Å²) in [7, 11) is 0. The Hall–Kier alpha value is -1.51. The van der Waals surface area contributed by atoms with E-state index in [4.69, 9.17) is 22.1 Å². The summed E-state index contributed by atoms with van der Waals surface area (Å²) in [5, 5.41) is 0.617. The Morgan fingerprint density at radius 3 is 2.47 bits per heavy atom. The van der Waals surface area contributed by atoms with E-state index in [9.17, 15) is 0 Å². The number of hydrogen-bond acceptors (Lipinski definition) is 2. The Morgan fingerprint density at radius 2 is 1.84 bits per heavy atom. The van der Waals surface area contributed by atoms with E-state index >= 15 is 0 Å². The molecular weight excluding hydrogens is 258 g/mol. The molecule has 0 aliphatic heterocycles. The summed E-state index contributed by atoms with van der Waals surface area (Å²) in [4.78, 5) is 0. The molecule has 3 heteroatoms. The molecule has 1 atom stereocenters. The molecule has 0 heterocycles. The topological polar surface area (TPSA) is 35.2 Å². The summed E-state index contributed by atoms with van der Waals surface area (Å²) in [6, 6.07) is 13.9. The largest absolute Gasteiger partial charge is 0.483 e. The average molecular weight is 276 g/mol. The standard InChI is InChI=1S/C16H18ClNO/c1-11-4-3-5-13(8-11)16(10-18)19-15-7-6-12(2)9-14(15)17/h3-9,16H,10,18H2,1-2H3. The van der Waals surface area contributed by atoms with Crippen LogP contribution in [0, 0.1) is 13.8 Å². The minimum Gasteiger partial charge on any atom is -0.483 e. The summed E-state index contributed by atoms with van der Waals surface area (Å²) in [5.74, 6) is 0.671. The second-order valence-electron chi connectivity index (χ2n) is 4.69. The van der Waals surface area contributed by atoms with E-state index in [1.807, 2.05) is 37.3 Å². The second-order valence-corrected chi connectivity index (χ2v) is 5.10. The molecule has 2 aromatic carbocycles. The Labute approximate surface area is 119 Å². The second kappa shape index (κ2) is 6.09. The zero-order valence-electron chi connectivity index (χ0n) is 11.2. The van der Waals surface area contributed by atoms with Crippen molar-refractivity contribution in [2.45, 2.75) is 20.0 Å². The highest BCUT2D eigenvalue weighted by Gasteiger charge is 2.13. The minimum absolute atomic E-state index is 0.180. The predicted molar refractivity (Wildman–Crippen MR) is 79.8 cm³/mol. The van der Waals surface area contributed by atoms with Crippen molar-refractivity contribution < 1.29 is 4.74 Å². The third kappa shape index (κ3) is 3.49. The number of ether oxygens (including phenoxy) is 1. The zero-order chi connectivity index (χ0) is 13.8. The van der Waals surface area contributed by atoms with Crippen LogP contribution in [-0.2, 0) is 0 Å². The molecule has 2 nitrogen and oxygen atoms in total. The Balaban J connectivity index is 2.24. The number of hydrogen-bond donors (Lipinski definition) is 1. The molecule has 2 rings (SSSR count). The molecule has 2 aromatic rings. The molecule has 0 saturated heterocycles. The van der Waals surface area contributed by atoms with E-state index in [2.05, 4.69) is 19.1 Å². The van der Waals surface area contributed by atoms with Gasteiger partial charge in [0.25, 0.3) is 0 Å². The van der Waals surface area contributed by atoms with Gasteiger partial charge in [0.15, 0.2) is 0 Å². The Kier molecular flexibility index (Phi) is 4.46. The smallest absolute Gasteiger partial charge is 0.138 e. The van der Waals surface area contributed by atoms with Crippen LogP contribution < -0.4 is 10.5 Å². The van der Waals surface area contributed by atoms with Crippen LogP contribution in [0.25, 0.3) is 0 Å². The number of nitrogens with two attached hydrogens (primary N) is 1. The van der Waals surface area contributed by atoms with Gasteiger partial charge >= 0.3 is 0 Å². The number of rotatable bonds is 4. The van der Waals surface area contributed by atoms with Gasteiger partial charge in [-0.3, -0.25) is 0 Å². The van der Waals surface area contributed by atoms with Crippen LogP contribution in [0.5, 0.6) is 5.75 Å². The van der Waals surface area contributed by atoms with Gasteiger partial charge in [-0.2, -0.15) is 0 Å². The van der Waals surface area contributed by atoms with Crippen molar-refractivity contribution in [2.24, 2.45) is 5.73 Å². The van der Waals surface area contributed by atoms with Gasteiger partial charge in [-0.25, -0.2) is 0 Å². The van der Waals surface area contributed by atoms with Crippen molar-refractivity contribution in [2.75, 3.05) is 6.54 Å². The molecule has 19 heavy (non-hydrogen) atoms. The highest BCUT2D eigenvalue weighted by atomic mass is 35.5. The van der Waals surface area contributed by atoms with E-state index in [1.165, 1.54) is 5.56 Å². The Morgan fingerprint density at radius 1 is 1.11 bits per heavy atom. The molecule has 0 fully saturated rings. The van der Waals surface area contributed by atoms with E-state index in [1.54, 1.807) is 0 Å². The third-order valence-electron chi connectivity index (χ3n) is 2.98. The first-order valence-electron chi connectivity index (χ1n) is 6.29. The molecule has 0 bridgehead atoms. The maximum Gasteiger partial charge on any atom is 0.138 e. The molecule has 1 unspecified atom stereocenters. The molecule has 2 N–H and O–H groups in total. The van der Waals surface area contributed by atoms with Crippen molar-refractivity contribution >= 4 is 11.6 Å². The molecule has 0 spiro atoms. The SMILES string of the molecule is Cc1cccc(C(CN)Oc2ccc(C)cc2Cl)c1. The average Bonchev–Trinajstić information content (AvgIpc) is 2.38. The van der Waals surface area contributed by atoms with Gasteiger partial charge in [0, 0.05) is 6.54 Å². The van der Waals surface area contributed by atoms with E-state index in [0.717, 1.165) is 11.1 Å². The van der Waals surface area contributed by atoms with Crippen molar-refractivity contribution in [3.8, 4) is 5.75 Å². The Bertz CT molecular complexity index is 568. The van der Waals surface area contributed by atoms with Crippen LogP contribution in [0.3, 0.4) is 0 Å². The van der Waals surface area contributed by atoms with E-state index < -0.39 is 0 Å². The molecule has 0 saturated carbocycles. The van der Waals surface area contributed by atoms with Crippen LogP contribution in [0.2, 0.25) is 5.02 Å². The fraction of sp³-hybridized carbons (Fsp3) is 0.250. The fourth-order valence-electron chi connectivity index (χ4n) is 1.98. The normalized spacial score (nSPS) is 12.2. The highest BCUT2D eigenvalue weighted by Crippen LogP contribution is 2.29. The summed E-state index contributed by atoms with van der Waals surface area (Å²) in [6.45, 7) is 4.46. The van der Waals surface area contributed by atoms with Gasteiger partial charge in [-0.15, -0.1) is 0 Å². The lowest BCUT2D eigenvalue weighted by atomic mass is 10.1. The van der Waals surface area contributed by atoms with Gasteiger partial charge in [-0.1, -0.05) is 47.5 Å². The van der Waals surface area contributed by atoms with Crippen molar-refractivity contribution in [1.29, 1.82) is 0 Å². The van der Waals surface area contributed by atoms with Gasteiger partial charge in [0.2, 0.25) is 0 Å². The fourth-order valence-corrected chi connectivity index (χ4v) is 2.26.